The van der Waals surface area contributed by atoms with Crippen molar-refractivity contribution in [3.05, 3.63) is 64.6 Å². The van der Waals surface area contributed by atoms with Crippen molar-refractivity contribution in [3.63, 3.8) is 0 Å². The number of rotatable bonds is 13. The molecule has 4 rings (SSSR count). The smallest absolute Gasteiger partial charge is 0.291 e. The fourth-order valence-electron chi connectivity index (χ4n) is 4.76. The van der Waals surface area contributed by atoms with Crippen LogP contribution in [0.5, 0.6) is 5.75 Å². The first-order valence-electron chi connectivity index (χ1n) is 14.7. The maximum absolute atomic E-state index is 14.6. The summed E-state index contributed by atoms with van der Waals surface area (Å²) >= 11 is 6.43. The van der Waals surface area contributed by atoms with Crippen LogP contribution in [0.4, 0.5) is 14.5 Å². The van der Waals surface area contributed by atoms with Crippen molar-refractivity contribution in [1.29, 1.82) is 0 Å². The van der Waals surface area contributed by atoms with Gasteiger partial charge in [0.1, 0.15) is 0 Å². The van der Waals surface area contributed by atoms with Gasteiger partial charge in [0, 0.05) is 51.0 Å². The highest BCUT2D eigenvalue weighted by Crippen LogP contribution is 2.30. The number of piperazine rings is 1. The molecule has 2 aromatic carbocycles. The first-order chi connectivity index (χ1) is 23.1. The van der Waals surface area contributed by atoms with Crippen molar-refractivity contribution >= 4 is 41.5 Å². The molecule has 0 bridgehead atoms. The SMILES string of the molecule is COc1ccc(-c2cnc(C(=O)Nc3ccc(C(=O)N4CCN(C(=O)CCOCCOCCN)CC4)c(Cl)c3)n2C)c(F)c1F.O=CO. The monoisotopic (exact) mass is 694 g/mol. The largest absolute Gasteiger partial charge is 0.494 e. The number of anilines is 1. The molecule has 1 aromatic heterocycles. The lowest BCUT2D eigenvalue weighted by Crippen LogP contribution is -2.50. The molecule has 0 atom stereocenters. The van der Waals surface area contributed by atoms with Gasteiger partial charge in [-0.15, -0.1) is 0 Å². The van der Waals surface area contributed by atoms with E-state index in [1.807, 2.05) is 0 Å². The molecule has 3 amide bonds. The summed E-state index contributed by atoms with van der Waals surface area (Å²) in [5.74, 6) is -3.56. The Morgan fingerprint density at radius 1 is 1.02 bits per heavy atom. The van der Waals surface area contributed by atoms with E-state index < -0.39 is 17.5 Å². The molecule has 48 heavy (non-hydrogen) atoms. The van der Waals surface area contributed by atoms with Crippen molar-refractivity contribution in [2.45, 2.75) is 6.42 Å². The van der Waals surface area contributed by atoms with Crippen molar-refractivity contribution in [1.82, 2.24) is 19.4 Å². The van der Waals surface area contributed by atoms with Crippen LogP contribution in [0.1, 0.15) is 27.4 Å². The molecule has 2 heterocycles. The fraction of sp³-hybridized carbons (Fsp3) is 0.387. The fourth-order valence-corrected chi connectivity index (χ4v) is 5.02. The minimum atomic E-state index is -1.15. The van der Waals surface area contributed by atoms with Crippen molar-refractivity contribution in [2.24, 2.45) is 12.8 Å². The van der Waals surface area contributed by atoms with E-state index in [4.69, 9.17) is 41.4 Å². The molecular weight excluding hydrogens is 658 g/mol. The lowest BCUT2D eigenvalue weighted by molar-refractivity contribution is -0.134. The second-order valence-corrected chi connectivity index (χ2v) is 10.6. The third kappa shape index (κ3) is 9.70. The van der Waals surface area contributed by atoms with E-state index in [-0.39, 0.29) is 64.7 Å². The second-order valence-electron chi connectivity index (χ2n) is 10.2. The van der Waals surface area contributed by atoms with Crippen LogP contribution in [0.25, 0.3) is 11.3 Å². The Balaban J connectivity index is 0.00000201. The highest BCUT2D eigenvalue weighted by atomic mass is 35.5. The number of halogens is 3. The maximum Gasteiger partial charge on any atom is 0.291 e. The zero-order chi connectivity index (χ0) is 35.2. The van der Waals surface area contributed by atoms with Gasteiger partial charge in [0.25, 0.3) is 18.3 Å². The third-order valence-corrected chi connectivity index (χ3v) is 7.52. The molecule has 1 aliphatic heterocycles. The molecule has 14 nitrogen and oxygen atoms in total. The standard InChI is InChI=1S/C30H35ClF2N6O6.CH2O2/c1-37-23(21-5-6-24(43-2)27(33)26(21)32)18-35-28(37)29(41)36-19-3-4-20(22(31)17-19)30(42)39-11-9-38(10-12-39)25(40)7-13-44-15-16-45-14-8-34;2-1-3/h3-6,17-18H,7-16,34H2,1-2H3,(H,36,41);1H,(H,2,3). The number of nitrogens with zero attached hydrogens (tertiary/aromatic N) is 4. The number of imidazole rings is 1. The van der Waals surface area contributed by atoms with Gasteiger partial charge in [-0.05, 0) is 30.3 Å². The summed E-state index contributed by atoms with van der Waals surface area (Å²) in [4.78, 5) is 54.4. The van der Waals surface area contributed by atoms with Gasteiger partial charge in [-0.3, -0.25) is 19.2 Å². The Bertz CT molecular complexity index is 1580. The lowest BCUT2D eigenvalue weighted by Gasteiger charge is -2.35. The number of methoxy groups -OCH3 is 1. The van der Waals surface area contributed by atoms with Gasteiger partial charge in [0.05, 0.1) is 62.4 Å². The van der Waals surface area contributed by atoms with Gasteiger partial charge in [0.15, 0.2) is 17.4 Å². The number of amides is 3. The molecule has 3 aromatic rings. The zero-order valence-electron chi connectivity index (χ0n) is 26.4. The van der Waals surface area contributed by atoms with Crippen LogP contribution < -0.4 is 15.8 Å². The van der Waals surface area contributed by atoms with E-state index >= 15 is 0 Å². The predicted octanol–water partition coefficient (Wildman–Crippen LogP) is 2.65. The van der Waals surface area contributed by atoms with Crippen molar-refractivity contribution in [2.75, 3.05) is 71.6 Å². The minimum Gasteiger partial charge on any atom is -0.494 e. The van der Waals surface area contributed by atoms with Crippen molar-refractivity contribution in [3.8, 4) is 17.0 Å². The molecule has 4 N–H and O–H groups in total. The molecule has 260 valence electrons. The number of ether oxygens (including phenoxy) is 3. The van der Waals surface area contributed by atoms with E-state index in [1.165, 1.54) is 55.3 Å². The van der Waals surface area contributed by atoms with Gasteiger partial charge in [-0.2, -0.15) is 4.39 Å². The van der Waals surface area contributed by atoms with Crippen LogP contribution in [0.2, 0.25) is 5.02 Å². The molecule has 0 aliphatic carbocycles. The van der Waals surface area contributed by atoms with Crippen LogP contribution in [0.15, 0.2) is 36.5 Å². The van der Waals surface area contributed by atoms with Gasteiger partial charge in [0.2, 0.25) is 11.7 Å². The molecule has 0 unspecified atom stereocenters. The van der Waals surface area contributed by atoms with Gasteiger partial charge in [-0.25, -0.2) is 9.37 Å². The maximum atomic E-state index is 14.6. The normalized spacial score (nSPS) is 12.6. The van der Waals surface area contributed by atoms with E-state index in [2.05, 4.69) is 10.3 Å². The Kier molecular flexibility index (Phi) is 14.7. The molecule has 1 saturated heterocycles. The van der Waals surface area contributed by atoms with E-state index in [9.17, 15) is 23.2 Å². The van der Waals surface area contributed by atoms with Gasteiger partial charge >= 0.3 is 0 Å². The second kappa shape index (κ2) is 18.6. The number of benzene rings is 2. The number of carbonyl (C=O) groups excluding carboxylic acids is 3. The zero-order valence-corrected chi connectivity index (χ0v) is 27.2. The number of nitrogens with two attached hydrogens (primary N) is 1. The number of carbonyl (C=O) groups is 4. The van der Waals surface area contributed by atoms with Crippen LogP contribution in [-0.4, -0.2) is 115 Å². The number of hydrogen-bond donors (Lipinski definition) is 3. The van der Waals surface area contributed by atoms with Gasteiger partial charge in [-0.1, -0.05) is 11.6 Å². The number of carboxylic acid groups (broad SMARTS) is 1. The average molecular weight is 695 g/mol. The minimum absolute atomic E-state index is 0.0516. The van der Waals surface area contributed by atoms with Crippen LogP contribution in [-0.2, 0) is 26.1 Å². The first-order valence-corrected chi connectivity index (χ1v) is 15.1. The Morgan fingerprint density at radius 3 is 2.29 bits per heavy atom. The highest BCUT2D eigenvalue weighted by Gasteiger charge is 2.26. The summed E-state index contributed by atoms with van der Waals surface area (Å²) < 4.78 is 45.7. The first kappa shape index (κ1) is 37.8. The number of aromatic nitrogens is 2. The van der Waals surface area contributed by atoms with E-state index in [0.29, 0.717) is 58.2 Å². The van der Waals surface area contributed by atoms with E-state index in [1.54, 1.807) is 9.80 Å². The lowest BCUT2D eigenvalue weighted by atomic mass is 10.1. The molecule has 1 aliphatic rings. The topological polar surface area (TPSA) is 179 Å². The summed E-state index contributed by atoms with van der Waals surface area (Å²) in [6.45, 7) is 3.20. The van der Waals surface area contributed by atoms with E-state index in [0.717, 1.165) is 0 Å². The molecule has 0 saturated carbocycles. The Labute approximate surface area is 280 Å². The number of hydrogen-bond acceptors (Lipinski definition) is 9. The Hall–Kier alpha value is -4.64. The number of nitrogens with one attached hydrogen (secondary N) is 1. The molecule has 0 radical (unpaired) electrons. The van der Waals surface area contributed by atoms with Gasteiger partial charge < -0.3 is 44.7 Å². The Morgan fingerprint density at radius 2 is 1.67 bits per heavy atom. The summed E-state index contributed by atoms with van der Waals surface area (Å²) in [5.41, 5.74) is 5.99. The molecule has 1 fully saturated rings. The highest BCUT2D eigenvalue weighted by molar-refractivity contribution is 6.34. The molecular formula is C31H37ClF2N6O8. The van der Waals surface area contributed by atoms with Crippen LogP contribution in [0.3, 0.4) is 0 Å². The van der Waals surface area contributed by atoms with Crippen LogP contribution in [0, 0.1) is 11.6 Å². The van der Waals surface area contributed by atoms with Crippen molar-refractivity contribution < 1.29 is 47.3 Å². The van der Waals surface area contributed by atoms with Crippen LogP contribution >= 0.6 is 11.6 Å². The summed E-state index contributed by atoms with van der Waals surface area (Å²) in [7, 11) is 2.73. The average Bonchev–Trinajstić information content (AvgIpc) is 3.46. The summed E-state index contributed by atoms with van der Waals surface area (Å²) in [5, 5.41) is 9.67. The quantitative estimate of drug-likeness (QED) is 0.178. The summed E-state index contributed by atoms with van der Waals surface area (Å²) in [6, 6.07) is 7.09. The predicted molar refractivity (Wildman–Crippen MR) is 171 cm³/mol. The summed E-state index contributed by atoms with van der Waals surface area (Å²) in [6.07, 6.45) is 1.50. The molecule has 0 spiro atoms. The molecule has 17 heteroatoms. The third-order valence-electron chi connectivity index (χ3n) is 7.21.